The Labute approximate surface area is 554 Å². The molecule has 31 heteroatoms. The molecular formula is C65H61BrN22O8. The number of halogens is 1. The lowest BCUT2D eigenvalue weighted by Crippen LogP contribution is -2.51. The molecule has 0 atom stereocenters. The van der Waals surface area contributed by atoms with Crippen molar-refractivity contribution in [1.29, 1.82) is 10.5 Å². The second-order valence-electron chi connectivity index (χ2n) is 22.1. The number of guanidine groups is 1. The molecule has 3 aromatic carbocycles. The zero-order valence-electron chi connectivity index (χ0n) is 51.9. The van der Waals surface area contributed by atoms with Gasteiger partial charge in [0.05, 0.1) is 36.3 Å². The van der Waals surface area contributed by atoms with Crippen molar-refractivity contribution in [2.45, 2.75) is 45.4 Å². The van der Waals surface area contributed by atoms with E-state index in [2.05, 4.69) is 93.9 Å². The number of nitrogens with zero attached hydrogens (tertiary/aromatic N) is 17. The molecule has 0 saturated carbocycles. The number of amides is 3. The molecule has 0 unspecified atom stereocenters. The van der Waals surface area contributed by atoms with Crippen LogP contribution in [0.2, 0.25) is 0 Å². The Kier molecular flexibility index (Phi) is 20.1. The van der Waals surface area contributed by atoms with Gasteiger partial charge < -0.3 is 60.7 Å². The number of fused-ring (bicyclic) bond motifs is 3. The number of benzene rings is 3. The van der Waals surface area contributed by atoms with Crippen LogP contribution in [0.25, 0.3) is 51.1 Å². The molecule has 3 aliphatic heterocycles. The minimum atomic E-state index is -0.268. The Balaban J connectivity index is 0.000000141. The number of rotatable bonds is 12. The van der Waals surface area contributed by atoms with Gasteiger partial charge in [-0.15, -0.1) is 0 Å². The predicted molar refractivity (Wildman–Crippen MR) is 353 cm³/mol. The number of anilines is 3. The van der Waals surface area contributed by atoms with Crippen molar-refractivity contribution in [3.8, 4) is 45.3 Å². The third-order valence-corrected chi connectivity index (χ3v) is 15.7. The predicted octanol–water partition coefficient (Wildman–Crippen LogP) is 8.37. The van der Waals surface area contributed by atoms with Crippen molar-refractivity contribution in [3.63, 3.8) is 0 Å². The Bertz CT molecular complexity index is 4890. The van der Waals surface area contributed by atoms with Gasteiger partial charge >= 0.3 is 0 Å². The molecule has 3 aliphatic rings. The van der Waals surface area contributed by atoms with Gasteiger partial charge in [-0.05, 0) is 99.0 Å². The average Bonchev–Trinajstić information content (AvgIpc) is 1.53. The highest BCUT2D eigenvalue weighted by Gasteiger charge is 2.35. The van der Waals surface area contributed by atoms with Crippen LogP contribution in [0.15, 0.2) is 165 Å². The average molecular weight is 1360 g/mol. The lowest BCUT2D eigenvalue weighted by molar-refractivity contribution is 0.101. The van der Waals surface area contributed by atoms with Crippen LogP contribution in [-0.2, 0) is 0 Å². The quantitative estimate of drug-likeness (QED) is 0.0198. The fourth-order valence-corrected chi connectivity index (χ4v) is 10.2. The monoisotopic (exact) mass is 1360 g/mol. The first-order valence-corrected chi connectivity index (χ1v) is 30.7. The lowest BCUT2D eigenvalue weighted by Gasteiger charge is -2.36. The van der Waals surface area contributed by atoms with Gasteiger partial charge in [0.25, 0.3) is 17.7 Å². The van der Waals surface area contributed by atoms with Crippen molar-refractivity contribution >= 4 is 73.6 Å². The molecule has 0 bridgehead atoms. The van der Waals surface area contributed by atoms with Crippen molar-refractivity contribution in [1.82, 2.24) is 73.7 Å². The summed E-state index contributed by atoms with van der Waals surface area (Å²) in [4.78, 5) is 69.7. The van der Waals surface area contributed by atoms with E-state index in [1.165, 1.54) is 0 Å². The van der Waals surface area contributed by atoms with Gasteiger partial charge in [-0.1, -0.05) is 75.2 Å². The second-order valence-corrected chi connectivity index (χ2v) is 22.4. The number of oxime groups is 1. The van der Waals surface area contributed by atoms with E-state index in [-0.39, 0.29) is 48.0 Å². The zero-order valence-corrected chi connectivity index (χ0v) is 53.5. The number of aliphatic hydroxyl groups excluding tert-OH is 1. The van der Waals surface area contributed by atoms with Gasteiger partial charge in [0, 0.05) is 114 Å². The van der Waals surface area contributed by atoms with Gasteiger partial charge in [-0.2, -0.15) is 25.5 Å². The molecular weight excluding hydrogens is 1300 g/mol. The number of hydrogen-bond donors (Lipinski definition) is 7. The summed E-state index contributed by atoms with van der Waals surface area (Å²) in [6.45, 7) is 11.7. The minimum absolute atomic E-state index is 0.0105. The highest BCUT2D eigenvalue weighted by molar-refractivity contribution is 9.12. The Hall–Kier alpha value is -12.2. The summed E-state index contributed by atoms with van der Waals surface area (Å²) in [5, 5.41) is 59.7. The Morgan fingerprint density at radius 1 is 0.594 bits per heavy atom. The molecule has 12 aromatic rings. The molecule has 3 saturated heterocycles. The van der Waals surface area contributed by atoms with E-state index in [0.29, 0.717) is 112 Å². The number of nitriles is 2. The van der Waals surface area contributed by atoms with E-state index in [0.717, 1.165) is 46.6 Å². The van der Waals surface area contributed by atoms with Crippen LogP contribution < -0.4 is 27.0 Å². The second kappa shape index (κ2) is 29.6. The summed E-state index contributed by atoms with van der Waals surface area (Å²) < 4.78 is 21.4. The third-order valence-electron chi connectivity index (χ3n) is 15.7. The number of aliphatic hydroxyl groups is 1. The van der Waals surface area contributed by atoms with Gasteiger partial charge in [-0.3, -0.25) is 27.6 Å². The number of carbonyl (C=O) groups is 3. The van der Waals surface area contributed by atoms with E-state index < -0.39 is 0 Å². The number of nitrogens with one attached hydrogen (secondary N) is 4. The molecule has 30 nitrogen and oxygen atoms in total. The largest absolute Gasteiger partial charge is 0.408 e. The topological polar surface area (TPSA) is 401 Å². The lowest BCUT2D eigenvalue weighted by atomic mass is 10.0. The van der Waals surface area contributed by atoms with Crippen LogP contribution in [0, 0.1) is 42.5 Å². The molecule has 9 aromatic heterocycles. The third kappa shape index (κ3) is 14.5. The number of nitrogens with two attached hydrogens (primary N) is 1. The highest BCUT2D eigenvalue weighted by atomic mass is 79.9. The fourth-order valence-electron chi connectivity index (χ4n) is 10.2. The summed E-state index contributed by atoms with van der Waals surface area (Å²) >= 11 is 2.45. The molecule has 96 heavy (non-hydrogen) atoms. The number of aromatic nitrogens is 12. The van der Waals surface area contributed by atoms with Gasteiger partial charge in [0.15, 0.2) is 6.19 Å². The van der Waals surface area contributed by atoms with E-state index in [4.69, 9.17) is 40.1 Å². The van der Waals surface area contributed by atoms with Crippen LogP contribution in [0.4, 0.5) is 17.1 Å². The SMILES string of the molecule is CCO.Cc1ccc(-c2noc(C3CN(/C(N)=N/O)C3)n2)cc1NC(=O)c1cnc2ccccn12.Cc1ccc(-c2noc(C3CN(C#N)C3)n2)cc1NC(=O)c1cnc2ccccn12.Cc1ccc(-c2noc(C3CNC3)n2)cc1NC(=O)c1cnc2ccccn12.N#CBr. The summed E-state index contributed by atoms with van der Waals surface area (Å²) in [6.07, 6.45) is 12.2. The molecule has 486 valence electrons. The van der Waals surface area contributed by atoms with Crippen LogP contribution in [0.3, 0.4) is 0 Å². The molecule has 12 heterocycles. The molecule has 0 aliphatic carbocycles. The van der Waals surface area contributed by atoms with E-state index in [9.17, 15) is 14.4 Å². The van der Waals surface area contributed by atoms with Crippen LogP contribution >= 0.6 is 15.9 Å². The fraction of sp³-hybridized carbons (Fsp3) is 0.215. The van der Waals surface area contributed by atoms with Crippen molar-refractivity contribution < 1.29 is 38.3 Å². The number of imidazole rings is 3. The van der Waals surface area contributed by atoms with Gasteiger partial charge in [0.2, 0.25) is 41.1 Å². The number of hydrogen-bond acceptors (Lipinski definition) is 22. The zero-order chi connectivity index (χ0) is 67.4. The molecule has 8 N–H and O–H groups in total. The van der Waals surface area contributed by atoms with E-state index >= 15 is 0 Å². The normalized spacial score (nSPS) is 13.6. The van der Waals surface area contributed by atoms with Crippen molar-refractivity contribution in [2.75, 3.05) is 61.8 Å². The number of carbonyl (C=O) groups excluding carboxylic acids is 3. The van der Waals surface area contributed by atoms with E-state index in [1.54, 1.807) is 65.9 Å². The van der Waals surface area contributed by atoms with E-state index in [1.807, 2.05) is 136 Å². The van der Waals surface area contributed by atoms with Gasteiger partial charge in [-0.25, -0.2) is 15.0 Å². The smallest absolute Gasteiger partial charge is 0.274 e. The van der Waals surface area contributed by atoms with Crippen molar-refractivity contribution in [2.24, 2.45) is 10.9 Å². The maximum absolute atomic E-state index is 12.9. The van der Waals surface area contributed by atoms with Crippen LogP contribution in [0.5, 0.6) is 0 Å². The first-order valence-electron chi connectivity index (χ1n) is 29.9. The Morgan fingerprint density at radius 2 is 0.938 bits per heavy atom. The Morgan fingerprint density at radius 3 is 1.26 bits per heavy atom. The van der Waals surface area contributed by atoms with Gasteiger partial charge in [0.1, 0.15) is 39.0 Å². The number of pyridine rings is 3. The summed E-state index contributed by atoms with van der Waals surface area (Å²) in [5.74, 6) is 2.72. The molecule has 0 radical (unpaired) electrons. The minimum Gasteiger partial charge on any atom is -0.408 e. The maximum atomic E-state index is 12.9. The molecule has 3 amide bonds. The first-order chi connectivity index (χ1) is 46.7. The van der Waals surface area contributed by atoms with Crippen LogP contribution in [0.1, 0.15) is 90.5 Å². The molecule has 3 fully saturated rings. The standard InChI is InChI=1S/C21H20N8O3.C21H17N7O2.C20H18N6O2.C2H6O.CBrN/c1-12-5-6-13(18-25-20(32-27-18)14-10-28(11-14)21(22)26-31)8-15(12)24-19(30)16-9-23-17-4-2-3-7-29(16)17;1-13-5-6-14(19-25-21(30-26-19)15-10-27(11-15)12-22)8-16(13)24-20(29)17-9-23-18-4-2-3-7-28(17)18;1-12-5-6-13(18-24-20(28-25-18)14-9-21-10-14)8-15(12)23-19(27)16-11-22-17-4-2-3-7-26(16)17;1-2-3;2-1-3/h2-9,14,31H,10-11H2,1H3,(H2,22,26)(H,24,30);2-9,15H,10-11H2,1H3,(H,24,29);2-8,11,14,21H,9-10H2,1H3,(H,23,27);3H,2H2,1H3;. The number of likely N-dealkylation sites (tertiary alicyclic amines) is 2. The molecule has 15 rings (SSSR count). The van der Waals surface area contributed by atoms with Crippen LogP contribution in [-0.4, -0.2) is 148 Å². The summed E-state index contributed by atoms with van der Waals surface area (Å²) in [5.41, 5.74) is 16.1. The summed E-state index contributed by atoms with van der Waals surface area (Å²) in [6, 6.07) is 33.6. The first kappa shape index (κ1) is 65.3. The summed E-state index contributed by atoms with van der Waals surface area (Å²) in [7, 11) is 0. The van der Waals surface area contributed by atoms with Crippen molar-refractivity contribution in [3.05, 3.63) is 198 Å². The highest BCUT2D eigenvalue weighted by Crippen LogP contribution is 2.32. The number of aryl methyl sites for hydroxylation is 3. The maximum Gasteiger partial charge on any atom is 0.274 e. The molecule has 0 spiro atoms.